The Bertz CT molecular complexity index is 642. The molecule has 1 aliphatic rings. The number of fused-ring (bicyclic) bond motifs is 1. The van der Waals surface area contributed by atoms with E-state index in [1.165, 1.54) is 12.3 Å². The largest absolute Gasteiger partial charge is 0.474 e. The first-order valence-electron chi connectivity index (χ1n) is 6.46. The second-order valence-electron chi connectivity index (χ2n) is 4.77. The summed E-state index contributed by atoms with van der Waals surface area (Å²) >= 11 is 0. The summed E-state index contributed by atoms with van der Waals surface area (Å²) in [6.45, 7) is 1.61. The molecular weight excluding hydrogens is 269 g/mol. The van der Waals surface area contributed by atoms with Gasteiger partial charge in [0.1, 0.15) is 6.10 Å². The normalized spacial score (nSPS) is 16.6. The third-order valence-electron chi connectivity index (χ3n) is 3.42. The second-order valence-corrected chi connectivity index (χ2v) is 4.77. The molecule has 0 bridgehead atoms. The summed E-state index contributed by atoms with van der Waals surface area (Å²) in [7, 11) is 0. The van der Waals surface area contributed by atoms with Crippen molar-refractivity contribution in [3.8, 4) is 5.88 Å². The Morgan fingerprint density at radius 1 is 1.15 bits per heavy atom. The van der Waals surface area contributed by atoms with Crippen LogP contribution in [-0.4, -0.2) is 24.2 Å². The molecule has 0 spiro atoms. The van der Waals surface area contributed by atoms with Gasteiger partial charge in [-0.1, -0.05) is 0 Å². The fourth-order valence-corrected chi connectivity index (χ4v) is 2.37. The van der Waals surface area contributed by atoms with Crippen molar-refractivity contribution in [2.45, 2.75) is 18.9 Å². The number of benzene rings is 1. The molecule has 0 atom stereocenters. The number of halogens is 3. The van der Waals surface area contributed by atoms with Crippen LogP contribution in [0.1, 0.15) is 12.8 Å². The fraction of sp³-hybridized carbons (Fsp3) is 0.357. The topological polar surface area (TPSA) is 34.1 Å². The Balaban J connectivity index is 2.04. The summed E-state index contributed by atoms with van der Waals surface area (Å²) in [5, 5.41) is 3.31. The van der Waals surface area contributed by atoms with E-state index in [1.54, 1.807) is 0 Å². The van der Waals surface area contributed by atoms with Gasteiger partial charge in [-0.15, -0.1) is 0 Å². The van der Waals surface area contributed by atoms with Gasteiger partial charge < -0.3 is 10.1 Å². The number of pyridine rings is 1. The molecule has 20 heavy (non-hydrogen) atoms. The molecule has 1 aromatic heterocycles. The van der Waals surface area contributed by atoms with E-state index in [9.17, 15) is 13.2 Å². The van der Waals surface area contributed by atoms with E-state index < -0.39 is 17.5 Å². The molecule has 6 heteroatoms. The summed E-state index contributed by atoms with van der Waals surface area (Å²) in [6.07, 6.45) is 2.84. The average molecular weight is 282 g/mol. The zero-order chi connectivity index (χ0) is 14.1. The van der Waals surface area contributed by atoms with Crippen LogP contribution in [0.15, 0.2) is 18.3 Å². The van der Waals surface area contributed by atoms with E-state index in [4.69, 9.17) is 4.74 Å². The van der Waals surface area contributed by atoms with Gasteiger partial charge in [-0.25, -0.2) is 18.2 Å². The Hall–Kier alpha value is -1.82. The van der Waals surface area contributed by atoms with Crippen LogP contribution in [0, 0.1) is 17.5 Å². The standard InChI is InChI=1S/C14H13F3N2O/c15-10-7-8-1-6-19-14(11(8)13(17)12(10)16)20-9-2-4-18-5-3-9/h1,6-7,9,18H,2-5H2. The molecule has 1 aliphatic heterocycles. The van der Waals surface area contributed by atoms with Crippen molar-refractivity contribution in [1.29, 1.82) is 0 Å². The molecule has 1 N–H and O–H groups in total. The lowest BCUT2D eigenvalue weighted by Gasteiger charge is -2.23. The lowest BCUT2D eigenvalue weighted by atomic mass is 10.1. The van der Waals surface area contributed by atoms with Crippen LogP contribution in [0.25, 0.3) is 10.8 Å². The summed E-state index contributed by atoms with van der Waals surface area (Å²) < 4.78 is 46.2. The first-order valence-corrected chi connectivity index (χ1v) is 6.46. The molecule has 0 amide bonds. The van der Waals surface area contributed by atoms with Crippen molar-refractivity contribution >= 4 is 10.8 Å². The van der Waals surface area contributed by atoms with Crippen LogP contribution in [0.3, 0.4) is 0 Å². The van der Waals surface area contributed by atoms with Crippen LogP contribution >= 0.6 is 0 Å². The lowest BCUT2D eigenvalue weighted by Crippen LogP contribution is -2.34. The van der Waals surface area contributed by atoms with Gasteiger partial charge in [0, 0.05) is 6.20 Å². The summed E-state index contributed by atoms with van der Waals surface area (Å²) in [5.74, 6) is -3.95. The minimum absolute atomic E-state index is 0.0193. The number of nitrogens with zero attached hydrogens (tertiary/aromatic N) is 1. The highest BCUT2D eigenvalue weighted by molar-refractivity contribution is 5.87. The molecular formula is C14H13F3N2O. The van der Waals surface area contributed by atoms with E-state index in [1.807, 2.05) is 0 Å². The number of rotatable bonds is 2. The minimum Gasteiger partial charge on any atom is -0.474 e. The highest BCUT2D eigenvalue weighted by Gasteiger charge is 2.21. The molecule has 0 radical (unpaired) electrons. The van der Waals surface area contributed by atoms with Crippen molar-refractivity contribution in [3.05, 3.63) is 35.8 Å². The molecule has 1 fully saturated rings. The lowest BCUT2D eigenvalue weighted by molar-refractivity contribution is 0.158. The number of hydrogen-bond acceptors (Lipinski definition) is 3. The van der Waals surface area contributed by atoms with E-state index in [2.05, 4.69) is 10.3 Å². The molecule has 106 valence electrons. The molecule has 3 nitrogen and oxygen atoms in total. The van der Waals surface area contributed by atoms with Gasteiger partial charge >= 0.3 is 0 Å². The van der Waals surface area contributed by atoms with Crippen LogP contribution in [-0.2, 0) is 0 Å². The summed E-state index contributed by atoms with van der Waals surface area (Å²) in [4.78, 5) is 3.96. The number of hydrogen-bond donors (Lipinski definition) is 1. The van der Waals surface area contributed by atoms with Gasteiger partial charge in [0.05, 0.1) is 5.39 Å². The maximum Gasteiger partial charge on any atom is 0.224 e. The Labute approximate surface area is 113 Å². The van der Waals surface area contributed by atoms with E-state index in [0.29, 0.717) is 0 Å². The van der Waals surface area contributed by atoms with Gasteiger partial charge in [0.15, 0.2) is 17.5 Å². The highest BCUT2D eigenvalue weighted by Crippen LogP contribution is 2.30. The molecule has 2 heterocycles. The van der Waals surface area contributed by atoms with Crippen LogP contribution in [0.5, 0.6) is 5.88 Å². The van der Waals surface area contributed by atoms with Crippen molar-refractivity contribution in [1.82, 2.24) is 10.3 Å². The van der Waals surface area contributed by atoms with Gasteiger partial charge in [0.25, 0.3) is 0 Å². The molecule has 0 saturated carbocycles. The number of nitrogens with one attached hydrogen (secondary N) is 1. The average Bonchev–Trinajstić information content (AvgIpc) is 2.46. The first-order chi connectivity index (χ1) is 9.66. The van der Waals surface area contributed by atoms with Gasteiger partial charge in [-0.05, 0) is 43.5 Å². The molecule has 1 saturated heterocycles. The summed E-state index contributed by atoms with van der Waals surface area (Å²) in [5.41, 5.74) is 0. The molecule has 3 rings (SSSR count). The Morgan fingerprint density at radius 3 is 2.65 bits per heavy atom. The smallest absolute Gasteiger partial charge is 0.224 e. The van der Waals surface area contributed by atoms with Crippen LogP contribution < -0.4 is 10.1 Å². The zero-order valence-electron chi connectivity index (χ0n) is 10.6. The monoisotopic (exact) mass is 282 g/mol. The fourth-order valence-electron chi connectivity index (χ4n) is 2.37. The van der Waals surface area contributed by atoms with Crippen molar-refractivity contribution in [2.75, 3.05) is 13.1 Å². The molecule has 0 unspecified atom stereocenters. The molecule has 0 aliphatic carbocycles. The summed E-state index contributed by atoms with van der Waals surface area (Å²) in [6, 6.07) is 2.38. The Kier molecular flexibility index (Phi) is 3.48. The number of ether oxygens (including phenoxy) is 1. The van der Waals surface area contributed by atoms with Gasteiger partial charge in [-0.3, -0.25) is 0 Å². The van der Waals surface area contributed by atoms with E-state index in [0.717, 1.165) is 32.0 Å². The predicted molar refractivity (Wildman–Crippen MR) is 68.1 cm³/mol. The number of piperidine rings is 1. The second kappa shape index (κ2) is 5.28. The quantitative estimate of drug-likeness (QED) is 0.860. The van der Waals surface area contributed by atoms with E-state index in [-0.39, 0.29) is 22.8 Å². The Morgan fingerprint density at radius 2 is 1.90 bits per heavy atom. The maximum atomic E-state index is 13.9. The minimum atomic E-state index is -1.50. The van der Waals surface area contributed by atoms with Gasteiger partial charge in [-0.2, -0.15) is 0 Å². The van der Waals surface area contributed by atoms with E-state index >= 15 is 0 Å². The number of aromatic nitrogens is 1. The molecule has 2 aromatic rings. The SMILES string of the molecule is Fc1cc2ccnc(OC3CCNCC3)c2c(F)c1F. The van der Waals surface area contributed by atoms with Crippen molar-refractivity contribution in [2.24, 2.45) is 0 Å². The van der Waals surface area contributed by atoms with Crippen LogP contribution in [0.4, 0.5) is 13.2 Å². The third kappa shape index (κ3) is 2.31. The van der Waals surface area contributed by atoms with Crippen molar-refractivity contribution < 1.29 is 17.9 Å². The maximum absolute atomic E-state index is 13.9. The zero-order valence-corrected chi connectivity index (χ0v) is 10.6. The van der Waals surface area contributed by atoms with Crippen molar-refractivity contribution in [3.63, 3.8) is 0 Å². The third-order valence-corrected chi connectivity index (χ3v) is 3.42. The van der Waals surface area contributed by atoms with Gasteiger partial charge in [0.2, 0.25) is 5.88 Å². The highest BCUT2D eigenvalue weighted by atomic mass is 19.2. The van der Waals surface area contributed by atoms with Crippen LogP contribution in [0.2, 0.25) is 0 Å². The predicted octanol–water partition coefficient (Wildman–Crippen LogP) is 2.78. The molecule has 1 aromatic carbocycles. The first kappa shape index (κ1) is 13.2.